The molecular formula is C21H30FIN4O. The molecule has 1 heterocycles. The van der Waals surface area contributed by atoms with Gasteiger partial charge in [0.2, 0.25) is 0 Å². The molecule has 1 fully saturated rings. The number of aromatic nitrogens is 1. The second kappa shape index (κ2) is 10.2. The number of halogens is 2. The molecule has 28 heavy (non-hydrogen) atoms. The number of hydrogen-bond acceptors (Lipinski definition) is 3. The molecule has 5 nitrogen and oxygen atoms in total. The summed E-state index contributed by atoms with van der Waals surface area (Å²) >= 11 is 0. The van der Waals surface area contributed by atoms with E-state index in [1.165, 1.54) is 6.07 Å². The van der Waals surface area contributed by atoms with E-state index < -0.39 is 0 Å². The van der Waals surface area contributed by atoms with Gasteiger partial charge < -0.3 is 15.2 Å². The molecule has 3 rings (SSSR count). The van der Waals surface area contributed by atoms with E-state index in [-0.39, 0.29) is 35.2 Å². The van der Waals surface area contributed by atoms with Gasteiger partial charge in [0.05, 0.1) is 12.2 Å². The van der Waals surface area contributed by atoms with Crippen molar-refractivity contribution < 1.29 is 8.91 Å². The summed E-state index contributed by atoms with van der Waals surface area (Å²) in [6.45, 7) is 5.49. The fourth-order valence-electron chi connectivity index (χ4n) is 3.54. The molecule has 1 aliphatic rings. The standard InChI is InChI=1S/C21H29FN4O.HI/c1-4-15(5-2)19-12-16(27-26-19)13-24-20(23-3)25-14-21(10-11-21)17-8-6-7-9-18(17)22;/h6-9,12,15H,4-5,10-11,13-14H2,1-3H3,(H2,23,24,25);1H. The lowest BCUT2D eigenvalue weighted by Crippen LogP contribution is -2.41. The zero-order valence-electron chi connectivity index (χ0n) is 16.8. The van der Waals surface area contributed by atoms with Crippen molar-refractivity contribution in [3.63, 3.8) is 0 Å². The van der Waals surface area contributed by atoms with Gasteiger partial charge in [0.1, 0.15) is 5.82 Å². The van der Waals surface area contributed by atoms with Crippen molar-refractivity contribution in [2.45, 2.75) is 57.4 Å². The summed E-state index contributed by atoms with van der Waals surface area (Å²) in [5.41, 5.74) is 1.67. The lowest BCUT2D eigenvalue weighted by Gasteiger charge is -2.19. The molecule has 154 valence electrons. The number of aliphatic imine (C=N–C) groups is 1. The topological polar surface area (TPSA) is 62.5 Å². The number of rotatable bonds is 8. The van der Waals surface area contributed by atoms with E-state index >= 15 is 0 Å². The normalized spacial score (nSPS) is 15.2. The van der Waals surface area contributed by atoms with Gasteiger partial charge >= 0.3 is 0 Å². The van der Waals surface area contributed by atoms with E-state index in [9.17, 15) is 4.39 Å². The molecule has 7 heteroatoms. The molecular weight excluding hydrogens is 470 g/mol. The van der Waals surface area contributed by atoms with Crippen LogP contribution in [0.25, 0.3) is 0 Å². The van der Waals surface area contributed by atoms with Crippen molar-refractivity contribution in [1.29, 1.82) is 0 Å². The lowest BCUT2D eigenvalue weighted by atomic mass is 9.95. The molecule has 0 saturated heterocycles. The first-order valence-electron chi connectivity index (χ1n) is 9.77. The maximum Gasteiger partial charge on any atom is 0.191 e. The average Bonchev–Trinajstić information content (AvgIpc) is 3.33. The number of nitrogens with one attached hydrogen (secondary N) is 2. The Kier molecular flexibility index (Phi) is 8.27. The third-order valence-electron chi connectivity index (χ3n) is 5.53. The van der Waals surface area contributed by atoms with Crippen LogP contribution in [0, 0.1) is 5.82 Å². The second-order valence-electron chi connectivity index (χ2n) is 7.27. The van der Waals surface area contributed by atoms with Gasteiger partial charge in [-0.3, -0.25) is 4.99 Å². The highest BCUT2D eigenvalue weighted by atomic mass is 127. The molecule has 0 aliphatic heterocycles. The summed E-state index contributed by atoms with van der Waals surface area (Å²) in [7, 11) is 1.73. The average molecular weight is 500 g/mol. The van der Waals surface area contributed by atoms with E-state index in [4.69, 9.17) is 4.52 Å². The summed E-state index contributed by atoms with van der Waals surface area (Å²) in [6.07, 6.45) is 4.08. The monoisotopic (exact) mass is 500 g/mol. The quantitative estimate of drug-likeness (QED) is 0.313. The van der Waals surface area contributed by atoms with Gasteiger partial charge in [0.15, 0.2) is 11.7 Å². The fourth-order valence-corrected chi connectivity index (χ4v) is 3.54. The van der Waals surface area contributed by atoms with E-state index in [0.717, 1.165) is 42.7 Å². The Bertz CT molecular complexity index is 784. The molecule has 0 spiro atoms. The van der Waals surface area contributed by atoms with Crippen LogP contribution in [-0.2, 0) is 12.0 Å². The number of guanidine groups is 1. The fraction of sp³-hybridized carbons (Fsp3) is 0.524. The van der Waals surface area contributed by atoms with Crippen molar-refractivity contribution >= 4 is 29.9 Å². The molecule has 0 amide bonds. The van der Waals surface area contributed by atoms with Crippen LogP contribution in [0.5, 0.6) is 0 Å². The van der Waals surface area contributed by atoms with E-state index in [1.54, 1.807) is 13.1 Å². The van der Waals surface area contributed by atoms with E-state index in [1.807, 2.05) is 18.2 Å². The van der Waals surface area contributed by atoms with Gasteiger partial charge in [-0.15, -0.1) is 24.0 Å². The summed E-state index contributed by atoms with van der Waals surface area (Å²) in [6, 6.07) is 9.06. The van der Waals surface area contributed by atoms with Crippen LogP contribution in [0.15, 0.2) is 39.8 Å². The van der Waals surface area contributed by atoms with Crippen LogP contribution in [0.4, 0.5) is 4.39 Å². The maximum atomic E-state index is 14.1. The minimum atomic E-state index is -0.129. The van der Waals surface area contributed by atoms with Crippen molar-refractivity contribution in [3.05, 3.63) is 53.2 Å². The van der Waals surface area contributed by atoms with Crippen molar-refractivity contribution in [1.82, 2.24) is 15.8 Å². The largest absolute Gasteiger partial charge is 0.359 e. The molecule has 1 saturated carbocycles. The first-order valence-corrected chi connectivity index (χ1v) is 9.77. The smallest absolute Gasteiger partial charge is 0.191 e. The highest BCUT2D eigenvalue weighted by Crippen LogP contribution is 2.48. The third-order valence-corrected chi connectivity index (χ3v) is 5.53. The van der Waals surface area contributed by atoms with Crippen LogP contribution in [0.1, 0.15) is 62.5 Å². The summed E-state index contributed by atoms with van der Waals surface area (Å²) in [5.74, 6) is 1.78. The maximum absolute atomic E-state index is 14.1. The first-order chi connectivity index (χ1) is 13.1. The number of benzene rings is 1. The van der Waals surface area contributed by atoms with Crippen LogP contribution < -0.4 is 10.6 Å². The van der Waals surface area contributed by atoms with Gasteiger partial charge in [0, 0.05) is 31.0 Å². The highest BCUT2D eigenvalue weighted by molar-refractivity contribution is 14.0. The molecule has 1 aliphatic carbocycles. The number of hydrogen-bond donors (Lipinski definition) is 2. The minimum absolute atomic E-state index is 0. The highest BCUT2D eigenvalue weighted by Gasteiger charge is 2.45. The Balaban J connectivity index is 0.00000280. The van der Waals surface area contributed by atoms with Crippen molar-refractivity contribution in [2.75, 3.05) is 13.6 Å². The van der Waals surface area contributed by atoms with E-state index in [0.29, 0.717) is 25.0 Å². The van der Waals surface area contributed by atoms with Gasteiger partial charge in [-0.25, -0.2) is 4.39 Å². The Morgan fingerprint density at radius 1 is 1.25 bits per heavy atom. The zero-order valence-corrected chi connectivity index (χ0v) is 19.1. The molecule has 1 aromatic carbocycles. The Morgan fingerprint density at radius 3 is 2.57 bits per heavy atom. The van der Waals surface area contributed by atoms with Gasteiger partial charge in [-0.1, -0.05) is 37.2 Å². The van der Waals surface area contributed by atoms with Crippen LogP contribution in [0.2, 0.25) is 0 Å². The minimum Gasteiger partial charge on any atom is -0.359 e. The predicted molar refractivity (Wildman–Crippen MR) is 121 cm³/mol. The van der Waals surface area contributed by atoms with Crippen molar-refractivity contribution in [2.24, 2.45) is 4.99 Å². The predicted octanol–water partition coefficient (Wildman–Crippen LogP) is 4.73. The molecule has 1 aromatic heterocycles. The Hall–Kier alpha value is -1.64. The summed E-state index contributed by atoms with van der Waals surface area (Å²) in [5, 5.41) is 10.8. The van der Waals surface area contributed by atoms with Crippen LogP contribution in [-0.4, -0.2) is 24.7 Å². The van der Waals surface area contributed by atoms with Gasteiger partial charge in [0.25, 0.3) is 0 Å². The zero-order chi connectivity index (χ0) is 19.3. The van der Waals surface area contributed by atoms with Crippen LogP contribution in [0.3, 0.4) is 0 Å². The third kappa shape index (κ3) is 5.24. The Morgan fingerprint density at radius 2 is 1.96 bits per heavy atom. The molecule has 0 unspecified atom stereocenters. The molecule has 2 N–H and O–H groups in total. The molecule has 0 atom stereocenters. The second-order valence-corrected chi connectivity index (χ2v) is 7.27. The molecule has 2 aromatic rings. The lowest BCUT2D eigenvalue weighted by molar-refractivity contribution is 0.368. The number of nitrogens with zero attached hydrogens (tertiary/aromatic N) is 2. The Labute approximate surface area is 183 Å². The van der Waals surface area contributed by atoms with E-state index in [2.05, 4.69) is 34.6 Å². The molecule has 0 bridgehead atoms. The summed E-state index contributed by atoms with van der Waals surface area (Å²) < 4.78 is 19.6. The van der Waals surface area contributed by atoms with Gasteiger partial charge in [-0.2, -0.15) is 0 Å². The van der Waals surface area contributed by atoms with Gasteiger partial charge in [-0.05, 0) is 37.3 Å². The summed E-state index contributed by atoms with van der Waals surface area (Å²) in [4.78, 5) is 4.26. The SMILES string of the molecule is CCC(CC)c1cc(CNC(=NC)NCC2(c3ccccc3F)CC2)on1.I. The molecule has 0 radical (unpaired) electrons. The van der Waals surface area contributed by atoms with Crippen molar-refractivity contribution in [3.8, 4) is 0 Å². The first kappa shape index (κ1) is 22.6. The van der Waals surface area contributed by atoms with Crippen LogP contribution >= 0.6 is 24.0 Å².